The normalized spacial score (nSPS) is 21.1. The van der Waals surface area contributed by atoms with Crippen molar-refractivity contribution in [2.24, 2.45) is 17.6 Å². The van der Waals surface area contributed by atoms with Crippen molar-refractivity contribution in [2.45, 2.75) is 24.2 Å². The number of hydrogen-bond donors (Lipinski definition) is 1. The highest BCUT2D eigenvalue weighted by Crippen LogP contribution is 2.29. The number of benzene rings is 1. The SMILES string of the molecule is CN(C)S(=O)(=O)c1ccc(N2C[C@@H](C(=O)N3CCC(C(N)=O)CC3)CC2=O)cc1. The predicted molar refractivity (Wildman–Crippen MR) is 106 cm³/mol. The van der Waals surface area contributed by atoms with Gasteiger partial charge in [0.2, 0.25) is 27.7 Å². The number of piperidine rings is 1. The molecule has 10 heteroatoms. The topological polar surface area (TPSA) is 121 Å². The molecule has 2 aliphatic rings. The molecule has 0 spiro atoms. The average molecular weight is 423 g/mol. The molecule has 1 aromatic rings. The number of nitrogens with two attached hydrogens (primary N) is 1. The minimum atomic E-state index is -3.54. The van der Waals surface area contributed by atoms with Gasteiger partial charge < -0.3 is 15.5 Å². The van der Waals surface area contributed by atoms with Gasteiger partial charge in [-0.05, 0) is 37.1 Å². The number of nitrogens with zero attached hydrogens (tertiary/aromatic N) is 3. The summed E-state index contributed by atoms with van der Waals surface area (Å²) in [6, 6.07) is 6.09. The summed E-state index contributed by atoms with van der Waals surface area (Å²) in [5.41, 5.74) is 5.90. The van der Waals surface area contributed by atoms with Crippen LogP contribution in [0.4, 0.5) is 5.69 Å². The largest absolute Gasteiger partial charge is 0.369 e. The summed E-state index contributed by atoms with van der Waals surface area (Å²) >= 11 is 0. The molecule has 0 bridgehead atoms. The third-order valence-corrected chi connectivity index (χ3v) is 7.44. The summed E-state index contributed by atoms with van der Waals surface area (Å²) in [5.74, 6) is -1.23. The Morgan fingerprint density at radius 3 is 2.17 bits per heavy atom. The summed E-state index contributed by atoms with van der Waals surface area (Å²) in [4.78, 5) is 39.9. The third-order valence-electron chi connectivity index (χ3n) is 5.61. The van der Waals surface area contributed by atoms with E-state index in [2.05, 4.69) is 0 Å². The first-order chi connectivity index (χ1) is 13.6. The van der Waals surface area contributed by atoms with Gasteiger partial charge in [-0.1, -0.05) is 0 Å². The van der Waals surface area contributed by atoms with Crippen LogP contribution in [0.5, 0.6) is 0 Å². The molecule has 1 aromatic carbocycles. The van der Waals surface area contributed by atoms with Crippen molar-refractivity contribution in [2.75, 3.05) is 38.6 Å². The number of carbonyl (C=O) groups is 3. The zero-order valence-corrected chi connectivity index (χ0v) is 17.4. The molecule has 158 valence electrons. The van der Waals surface area contributed by atoms with Gasteiger partial charge in [0, 0.05) is 51.8 Å². The monoisotopic (exact) mass is 422 g/mol. The molecule has 0 radical (unpaired) electrons. The first kappa shape index (κ1) is 21.3. The van der Waals surface area contributed by atoms with Gasteiger partial charge in [0.1, 0.15) is 0 Å². The van der Waals surface area contributed by atoms with E-state index in [-0.39, 0.29) is 41.5 Å². The average Bonchev–Trinajstić information content (AvgIpc) is 3.09. The van der Waals surface area contributed by atoms with Crippen molar-refractivity contribution in [1.82, 2.24) is 9.21 Å². The van der Waals surface area contributed by atoms with Gasteiger partial charge in [-0.15, -0.1) is 0 Å². The van der Waals surface area contributed by atoms with E-state index in [1.807, 2.05) is 0 Å². The molecule has 2 heterocycles. The van der Waals surface area contributed by atoms with Crippen LogP contribution in [0, 0.1) is 11.8 Å². The Hall–Kier alpha value is -2.46. The molecular formula is C19H26N4O5S. The summed E-state index contributed by atoms with van der Waals surface area (Å²) in [7, 11) is -0.636. The molecule has 9 nitrogen and oxygen atoms in total. The molecule has 3 amide bonds. The number of amides is 3. The quantitative estimate of drug-likeness (QED) is 0.717. The van der Waals surface area contributed by atoms with E-state index in [0.717, 1.165) is 4.31 Å². The predicted octanol–water partition coefficient (Wildman–Crippen LogP) is 0.0137. The third kappa shape index (κ3) is 4.27. The van der Waals surface area contributed by atoms with Crippen LogP contribution in [0.1, 0.15) is 19.3 Å². The van der Waals surface area contributed by atoms with Crippen LogP contribution in [0.25, 0.3) is 0 Å². The summed E-state index contributed by atoms with van der Waals surface area (Å²) in [5, 5.41) is 0. The maximum Gasteiger partial charge on any atom is 0.242 e. The first-order valence-corrected chi connectivity index (χ1v) is 11.0. The molecule has 29 heavy (non-hydrogen) atoms. The molecular weight excluding hydrogens is 396 g/mol. The van der Waals surface area contributed by atoms with Crippen LogP contribution >= 0.6 is 0 Å². The van der Waals surface area contributed by atoms with Crippen LogP contribution in [0.3, 0.4) is 0 Å². The summed E-state index contributed by atoms with van der Waals surface area (Å²) in [6.07, 6.45) is 1.22. The molecule has 2 saturated heterocycles. The maximum atomic E-state index is 12.8. The fourth-order valence-corrected chi connectivity index (χ4v) is 4.68. The lowest BCUT2D eigenvalue weighted by atomic mass is 9.95. The number of hydrogen-bond acceptors (Lipinski definition) is 5. The van der Waals surface area contributed by atoms with E-state index < -0.39 is 15.9 Å². The molecule has 0 aliphatic carbocycles. The molecule has 2 N–H and O–H groups in total. The lowest BCUT2D eigenvalue weighted by Gasteiger charge is -2.32. The van der Waals surface area contributed by atoms with E-state index in [1.54, 1.807) is 17.0 Å². The molecule has 3 rings (SSSR count). The molecule has 2 aliphatic heterocycles. The zero-order chi connectivity index (χ0) is 21.3. The van der Waals surface area contributed by atoms with Gasteiger partial charge >= 0.3 is 0 Å². The van der Waals surface area contributed by atoms with E-state index in [1.165, 1.54) is 31.1 Å². The van der Waals surface area contributed by atoms with Crippen LogP contribution in [0.2, 0.25) is 0 Å². The lowest BCUT2D eigenvalue weighted by molar-refractivity contribution is -0.138. The second kappa shape index (κ2) is 8.11. The zero-order valence-electron chi connectivity index (χ0n) is 16.6. The number of sulfonamides is 1. The van der Waals surface area contributed by atoms with Crippen molar-refractivity contribution in [1.29, 1.82) is 0 Å². The highest BCUT2D eigenvalue weighted by molar-refractivity contribution is 7.89. The minimum Gasteiger partial charge on any atom is -0.369 e. The fourth-order valence-electron chi connectivity index (χ4n) is 3.77. The summed E-state index contributed by atoms with van der Waals surface area (Å²) in [6.45, 7) is 1.19. The Morgan fingerprint density at radius 2 is 1.66 bits per heavy atom. The van der Waals surface area contributed by atoms with Gasteiger partial charge in [-0.25, -0.2) is 12.7 Å². The first-order valence-electron chi connectivity index (χ1n) is 9.52. The van der Waals surface area contributed by atoms with Crippen molar-refractivity contribution < 1.29 is 22.8 Å². The number of rotatable bonds is 5. The number of primary amides is 1. The Bertz CT molecular complexity index is 905. The van der Waals surface area contributed by atoms with Crippen molar-refractivity contribution in [3.8, 4) is 0 Å². The second-order valence-corrected chi connectivity index (χ2v) is 9.84. The Balaban J connectivity index is 1.66. The Labute approximate surface area is 170 Å². The van der Waals surface area contributed by atoms with E-state index >= 15 is 0 Å². The number of anilines is 1. The van der Waals surface area contributed by atoms with Gasteiger partial charge in [0.25, 0.3) is 0 Å². The van der Waals surface area contributed by atoms with E-state index in [4.69, 9.17) is 5.73 Å². The second-order valence-electron chi connectivity index (χ2n) is 7.69. The smallest absolute Gasteiger partial charge is 0.242 e. The highest BCUT2D eigenvalue weighted by atomic mass is 32.2. The molecule has 0 aromatic heterocycles. The maximum absolute atomic E-state index is 12.8. The lowest BCUT2D eigenvalue weighted by Crippen LogP contribution is -2.44. The molecule has 2 fully saturated rings. The van der Waals surface area contributed by atoms with Crippen LogP contribution < -0.4 is 10.6 Å². The van der Waals surface area contributed by atoms with Crippen LogP contribution in [-0.2, 0) is 24.4 Å². The van der Waals surface area contributed by atoms with Crippen LogP contribution in [0.15, 0.2) is 29.2 Å². The van der Waals surface area contributed by atoms with Crippen LogP contribution in [-0.4, -0.2) is 69.1 Å². The summed E-state index contributed by atoms with van der Waals surface area (Å²) < 4.78 is 25.5. The standard InChI is InChI=1S/C19H26N4O5S/c1-21(2)29(27,28)16-5-3-15(4-6-16)23-12-14(11-17(23)24)19(26)22-9-7-13(8-10-22)18(20)25/h3-6,13-14H,7-12H2,1-2H3,(H2,20,25)/t14-/m0/s1. The fraction of sp³-hybridized carbons (Fsp3) is 0.526. The Kier molecular flexibility index (Phi) is 5.95. The van der Waals surface area contributed by atoms with Gasteiger partial charge in [-0.2, -0.15) is 0 Å². The van der Waals surface area contributed by atoms with Gasteiger partial charge in [0.15, 0.2) is 0 Å². The van der Waals surface area contributed by atoms with E-state index in [9.17, 15) is 22.8 Å². The number of carbonyl (C=O) groups excluding carboxylic acids is 3. The molecule has 1 atom stereocenters. The molecule has 0 unspecified atom stereocenters. The van der Waals surface area contributed by atoms with Gasteiger partial charge in [0.05, 0.1) is 10.8 Å². The minimum absolute atomic E-state index is 0.0874. The van der Waals surface area contributed by atoms with E-state index in [0.29, 0.717) is 31.6 Å². The molecule has 0 saturated carbocycles. The number of likely N-dealkylation sites (tertiary alicyclic amines) is 1. The van der Waals surface area contributed by atoms with Crippen molar-refractivity contribution >= 4 is 33.4 Å². The van der Waals surface area contributed by atoms with Gasteiger partial charge in [-0.3, -0.25) is 14.4 Å². The van der Waals surface area contributed by atoms with Crippen molar-refractivity contribution in [3.05, 3.63) is 24.3 Å². The van der Waals surface area contributed by atoms with Crippen molar-refractivity contribution in [3.63, 3.8) is 0 Å². The highest BCUT2D eigenvalue weighted by Gasteiger charge is 2.38. The Morgan fingerprint density at radius 1 is 1.07 bits per heavy atom.